The molecule has 0 aliphatic carbocycles. The second-order valence-corrected chi connectivity index (χ2v) is 1.79. The maximum absolute atomic E-state index is 9.81. The number of isocyanates is 1. The fraction of sp³-hybridized carbons (Fsp3) is 0.143. The lowest BCUT2D eigenvalue weighted by atomic mass is 10.4. The maximum Gasteiger partial charge on any atom is 0.240 e. The summed E-state index contributed by atoms with van der Waals surface area (Å²) < 4.78 is 4.85. The Labute approximate surface area is 63.6 Å². The summed E-state index contributed by atoms with van der Waals surface area (Å²) in [5.41, 5.74) is 0.444. The van der Waals surface area contributed by atoms with Crippen LogP contribution >= 0.6 is 0 Å². The fourth-order valence-corrected chi connectivity index (χ4v) is 0.633. The van der Waals surface area contributed by atoms with Crippen molar-refractivity contribution in [2.45, 2.75) is 0 Å². The molecule has 11 heavy (non-hydrogen) atoms. The van der Waals surface area contributed by atoms with E-state index in [0.717, 1.165) is 0 Å². The van der Waals surface area contributed by atoms with Crippen LogP contribution in [-0.4, -0.2) is 18.2 Å². The van der Waals surface area contributed by atoms with Crippen molar-refractivity contribution in [2.24, 2.45) is 4.99 Å². The van der Waals surface area contributed by atoms with Gasteiger partial charge in [-0.3, -0.25) is 4.98 Å². The van der Waals surface area contributed by atoms with Gasteiger partial charge in [0.05, 0.1) is 25.2 Å². The number of pyridine rings is 1. The lowest BCUT2D eigenvalue weighted by Crippen LogP contribution is -1.82. The summed E-state index contributed by atoms with van der Waals surface area (Å²) in [6.45, 7) is 0. The van der Waals surface area contributed by atoms with Gasteiger partial charge in [0.2, 0.25) is 6.08 Å². The smallest absolute Gasteiger partial charge is 0.240 e. The molecular weight excluding hydrogens is 144 g/mol. The molecule has 4 nitrogen and oxygen atoms in total. The molecule has 1 rings (SSSR count). The van der Waals surface area contributed by atoms with Crippen LogP contribution in [0.2, 0.25) is 0 Å². The van der Waals surface area contributed by atoms with Crippen molar-refractivity contribution in [2.75, 3.05) is 7.11 Å². The van der Waals surface area contributed by atoms with Crippen molar-refractivity contribution >= 4 is 11.8 Å². The lowest BCUT2D eigenvalue weighted by Gasteiger charge is -1.96. The molecule has 1 aromatic heterocycles. The zero-order valence-corrected chi connectivity index (χ0v) is 5.94. The molecule has 0 saturated heterocycles. The quantitative estimate of drug-likeness (QED) is 0.467. The van der Waals surface area contributed by atoms with Gasteiger partial charge in [0.25, 0.3) is 0 Å². The van der Waals surface area contributed by atoms with Gasteiger partial charge in [-0.15, -0.1) is 0 Å². The van der Waals surface area contributed by atoms with Crippen LogP contribution in [0.15, 0.2) is 23.5 Å². The Morgan fingerprint density at radius 1 is 1.64 bits per heavy atom. The molecule has 4 heteroatoms. The number of carbonyl (C=O) groups excluding carboxylic acids is 1. The predicted octanol–water partition coefficient (Wildman–Crippen LogP) is 1.06. The molecule has 1 heterocycles. The molecule has 0 aliphatic heterocycles. The Morgan fingerprint density at radius 2 is 2.45 bits per heavy atom. The molecule has 0 unspecified atom stereocenters. The number of methoxy groups -OCH3 is 1. The third-order valence-electron chi connectivity index (χ3n) is 1.11. The second kappa shape index (κ2) is 3.49. The summed E-state index contributed by atoms with van der Waals surface area (Å²) in [5, 5.41) is 0. The standard InChI is InChI=1S/C7H6N2O2/c1-11-7-2-6(9-5-10)3-8-4-7/h2-4H,1H3. The van der Waals surface area contributed by atoms with E-state index in [2.05, 4.69) is 9.98 Å². The molecule has 0 saturated carbocycles. The first-order chi connectivity index (χ1) is 5.36. The lowest BCUT2D eigenvalue weighted by molar-refractivity contribution is 0.413. The SMILES string of the molecule is COc1cncc(N=C=O)c1. The molecule has 0 radical (unpaired) electrons. The molecule has 0 aliphatic rings. The summed E-state index contributed by atoms with van der Waals surface area (Å²) in [7, 11) is 1.52. The zero-order valence-electron chi connectivity index (χ0n) is 5.94. The fourth-order valence-electron chi connectivity index (χ4n) is 0.633. The van der Waals surface area contributed by atoms with Crippen molar-refractivity contribution in [3.05, 3.63) is 18.5 Å². The van der Waals surface area contributed by atoms with Crippen LogP contribution in [0.3, 0.4) is 0 Å². The number of hydrogen-bond donors (Lipinski definition) is 0. The van der Waals surface area contributed by atoms with Crippen molar-refractivity contribution in [3.8, 4) is 5.75 Å². The molecule has 56 valence electrons. The molecule has 0 fully saturated rings. The first-order valence-corrected chi connectivity index (χ1v) is 2.93. The van der Waals surface area contributed by atoms with Crippen molar-refractivity contribution in [1.82, 2.24) is 4.98 Å². The number of hydrogen-bond acceptors (Lipinski definition) is 4. The molecule has 1 aromatic rings. The highest BCUT2D eigenvalue weighted by Crippen LogP contribution is 2.16. The largest absolute Gasteiger partial charge is 0.495 e. The van der Waals surface area contributed by atoms with E-state index in [9.17, 15) is 4.79 Å². The van der Waals surface area contributed by atoms with E-state index in [1.54, 1.807) is 6.07 Å². The van der Waals surface area contributed by atoms with Crippen LogP contribution in [0, 0.1) is 0 Å². The Kier molecular flexibility index (Phi) is 2.36. The van der Waals surface area contributed by atoms with E-state index >= 15 is 0 Å². The molecule has 0 spiro atoms. The summed E-state index contributed by atoms with van der Waals surface area (Å²) in [6.07, 6.45) is 4.40. The van der Waals surface area contributed by atoms with Crippen molar-refractivity contribution in [1.29, 1.82) is 0 Å². The first kappa shape index (κ1) is 7.44. The molecular formula is C7H6N2O2. The van der Waals surface area contributed by atoms with E-state index < -0.39 is 0 Å². The highest BCUT2D eigenvalue weighted by atomic mass is 16.5. The first-order valence-electron chi connectivity index (χ1n) is 2.93. The van der Waals surface area contributed by atoms with E-state index in [4.69, 9.17) is 4.74 Å². The summed E-state index contributed by atoms with van der Waals surface area (Å²) in [6, 6.07) is 1.60. The third kappa shape index (κ3) is 1.88. The van der Waals surface area contributed by atoms with Gasteiger partial charge >= 0.3 is 0 Å². The van der Waals surface area contributed by atoms with Gasteiger partial charge in [-0.05, 0) is 0 Å². The van der Waals surface area contributed by atoms with E-state index in [1.807, 2.05) is 0 Å². The highest BCUT2D eigenvalue weighted by molar-refractivity contribution is 5.49. The average Bonchev–Trinajstić information content (AvgIpc) is 2.06. The van der Waals surface area contributed by atoms with Gasteiger partial charge in [-0.1, -0.05) is 0 Å². The number of nitrogens with zero attached hydrogens (tertiary/aromatic N) is 2. The molecule has 0 N–H and O–H groups in total. The van der Waals surface area contributed by atoms with Gasteiger partial charge in [0, 0.05) is 6.07 Å². The monoisotopic (exact) mass is 150 g/mol. The number of ether oxygens (including phenoxy) is 1. The normalized spacial score (nSPS) is 8.45. The van der Waals surface area contributed by atoms with Crippen molar-refractivity contribution < 1.29 is 9.53 Å². The minimum Gasteiger partial charge on any atom is -0.495 e. The Balaban J connectivity index is 3.00. The van der Waals surface area contributed by atoms with Crippen LogP contribution in [0.1, 0.15) is 0 Å². The van der Waals surface area contributed by atoms with Crippen LogP contribution in [0.5, 0.6) is 5.75 Å². The number of rotatable bonds is 2. The predicted molar refractivity (Wildman–Crippen MR) is 38.6 cm³/mol. The minimum atomic E-state index is 0.444. The van der Waals surface area contributed by atoms with Gasteiger partial charge in [-0.25, -0.2) is 4.79 Å². The topological polar surface area (TPSA) is 51.6 Å². The van der Waals surface area contributed by atoms with Crippen LogP contribution < -0.4 is 4.74 Å². The van der Waals surface area contributed by atoms with Crippen molar-refractivity contribution in [3.63, 3.8) is 0 Å². The van der Waals surface area contributed by atoms with E-state index in [1.165, 1.54) is 25.6 Å². The zero-order chi connectivity index (χ0) is 8.10. The van der Waals surface area contributed by atoms with Crippen LogP contribution in [0.4, 0.5) is 5.69 Å². The molecule has 0 bridgehead atoms. The number of aliphatic imine (C=N–C) groups is 1. The van der Waals surface area contributed by atoms with Crippen LogP contribution in [-0.2, 0) is 4.79 Å². The maximum atomic E-state index is 9.81. The van der Waals surface area contributed by atoms with Gasteiger partial charge in [0.15, 0.2) is 0 Å². The Morgan fingerprint density at radius 3 is 3.09 bits per heavy atom. The summed E-state index contributed by atoms with van der Waals surface area (Å²) in [4.78, 5) is 17.0. The summed E-state index contributed by atoms with van der Waals surface area (Å²) >= 11 is 0. The van der Waals surface area contributed by atoms with Gasteiger partial charge in [-0.2, -0.15) is 4.99 Å². The Hall–Kier alpha value is -1.67. The number of aromatic nitrogens is 1. The summed E-state index contributed by atoms with van der Waals surface area (Å²) in [5.74, 6) is 0.571. The van der Waals surface area contributed by atoms with Gasteiger partial charge in [0.1, 0.15) is 5.75 Å². The third-order valence-corrected chi connectivity index (χ3v) is 1.11. The Bertz CT molecular complexity index is 292. The van der Waals surface area contributed by atoms with Gasteiger partial charge < -0.3 is 4.74 Å². The molecule has 0 aromatic carbocycles. The van der Waals surface area contributed by atoms with E-state index in [-0.39, 0.29) is 0 Å². The molecule has 0 atom stereocenters. The molecule has 0 amide bonds. The average molecular weight is 150 g/mol. The highest BCUT2D eigenvalue weighted by Gasteiger charge is 1.92. The van der Waals surface area contributed by atoms with Crippen LogP contribution in [0.25, 0.3) is 0 Å². The minimum absolute atomic E-state index is 0.444. The second-order valence-electron chi connectivity index (χ2n) is 1.79. The van der Waals surface area contributed by atoms with E-state index in [0.29, 0.717) is 11.4 Å².